The lowest BCUT2D eigenvalue weighted by atomic mass is 10.0. The van der Waals surface area contributed by atoms with Crippen molar-refractivity contribution in [2.45, 2.75) is 58.2 Å². The topological polar surface area (TPSA) is 23.6 Å². The highest BCUT2D eigenvalue weighted by Gasteiger charge is 2.45. The predicted molar refractivity (Wildman–Crippen MR) is 60.7 cm³/mol. The van der Waals surface area contributed by atoms with Gasteiger partial charge >= 0.3 is 0 Å². The number of carbonyl (C=O) groups is 1. The van der Waals surface area contributed by atoms with Crippen LogP contribution in [-0.2, 0) is 4.79 Å². The zero-order valence-electron chi connectivity index (χ0n) is 10.3. The molecule has 86 valence electrons. The third-order valence-electron chi connectivity index (χ3n) is 3.70. The number of rotatable bonds is 0. The summed E-state index contributed by atoms with van der Waals surface area (Å²) >= 11 is 0. The Kier molecular flexibility index (Phi) is 2.53. The molecule has 0 saturated carbocycles. The van der Waals surface area contributed by atoms with Gasteiger partial charge in [-0.05, 0) is 33.6 Å². The first-order chi connectivity index (χ1) is 6.89. The van der Waals surface area contributed by atoms with Crippen LogP contribution in [0.3, 0.4) is 0 Å². The second-order valence-corrected chi connectivity index (χ2v) is 5.89. The molecule has 3 nitrogen and oxygen atoms in total. The minimum atomic E-state index is 0.237. The molecule has 2 aliphatic rings. The van der Waals surface area contributed by atoms with Gasteiger partial charge < -0.3 is 4.90 Å². The fraction of sp³-hybridized carbons (Fsp3) is 0.917. The van der Waals surface area contributed by atoms with Crippen LogP contribution in [0.15, 0.2) is 0 Å². The summed E-state index contributed by atoms with van der Waals surface area (Å²) in [7, 11) is 0. The summed E-state index contributed by atoms with van der Waals surface area (Å²) in [4.78, 5) is 16.0. The van der Waals surface area contributed by atoms with Gasteiger partial charge in [-0.2, -0.15) is 0 Å². The Morgan fingerprint density at radius 2 is 1.60 bits per heavy atom. The van der Waals surface area contributed by atoms with Crippen LogP contribution in [0.4, 0.5) is 0 Å². The van der Waals surface area contributed by atoms with E-state index in [0.29, 0.717) is 12.1 Å². The fourth-order valence-electron chi connectivity index (χ4n) is 3.26. The van der Waals surface area contributed by atoms with Crippen molar-refractivity contribution in [2.24, 2.45) is 0 Å². The quantitative estimate of drug-likeness (QED) is 0.604. The number of piperazine rings is 1. The molecule has 0 aromatic rings. The van der Waals surface area contributed by atoms with E-state index in [2.05, 4.69) is 25.7 Å². The van der Waals surface area contributed by atoms with Gasteiger partial charge in [-0.15, -0.1) is 0 Å². The van der Waals surface area contributed by atoms with E-state index in [0.717, 1.165) is 13.1 Å². The molecule has 3 heteroatoms. The van der Waals surface area contributed by atoms with Crippen molar-refractivity contribution in [3.63, 3.8) is 0 Å². The molecular weight excluding hydrogens is 188 g/mol. The molecule has 2 aliphatic heterocycles. The maximum absolute atomic E-state index is 11.4. The van der Waals surface area contributed by atoms with E-state index < -0.39 is 0 Å². The van der Waals surface area contributed by atoms with Crippen molar-refractivity contribution in [3.8, 4) is 0 Å². The molecular formula is C12H22N2O. The minimum Gasteiger partial charge on any atom is -0.340 e. The fourth-order valence-corrected chi connectivity index (χ4v) is 3.26. The first-order valence-electron chi connectivity index (χ1n) is 5.93. The largest absolute Gasteiger partial charge is 0.340 e. The molecule has 2 heterocycles. The lowest BCUT2D eigenvalue weighted by Gasteiger charge is -2.47. The lowest BCUT2D eigenvalue weighted by Crippen LogP contribution is -2.60. The van der Waals surface area contributed by atoms with E-state index in [-0.39, 0.29) is 11.4 Å². The van der Waals surface area contributed by atoms with Crippen molar-refractivity contribution >= 4 is 5.91 Å². The van der Waals surface area contributed by atoms with E-state index in [4.69, 9.17) is 0 Å². The average Bonchev–Trinajstić information content (AvgIpc) is 2.37. The van der Waals surface area contributed by atoms with Gasteiger partial charge in [0, 0.05) is 37.6 Å². The molecule has 0 spiro atoms. The second kappa shape index (κ2) is 3.48. The highest BCUT2D eigenvalue weighted by molar-refractivity contribution is 5.73. The van der Waals surface area contributed by atoms with Gasteiger partial charge in [0.25, 0.3) is 0 Å². The van der Waals surface area contributed by atoms with Gasteiger partial charge in [0.05, 0.1) is 0 Å². The summed E-state index contributed by atoms with van der Waals surface area (Å²) in [6.07, 6.45) is 2.51. The molecule has 2 fully saturated rings. The van der Waals surface area contributed by atoms with Crippen molar-refractivity contribution < 1.29 is 4.79 Å². The molecule has 0 aliphatic carbocycles. The number of hydrogen-bond acceptors (Lipinski definition) is 2. The number of nitrogens with zero attached hydrogens (tertiary/aromatic N) is 2. The second-order valence-electron chi connectivity index (χ2n) is 5.89. The zero-order valence-corrected chi connectivity index (χ0v) is 10.3. The summed E-state index contributed by atoms with van der Waals surface area (Å²) in [5.41, 5.74) is 0.245. The molecule has 0 N–H and O–H groups in total. The van der Waals surface area contributed by atoms with Crippen molar-refractivity contribution in [3.05, 3.63) is 0 Å². The molecule has 15 heavy (non-hydrogen) atoms. The normalized spacial score (nSPS) is 32.1. The maximum Gasteiger partial charge on any atom is 0.219 e. The van der Waals surface area contributed by atoms with Crippen LogP contribution in [0, 0.1) is 0 Å². The number of hydrogen-bond donors (Lipinski definition) is 0. The highest BCUT2D eigenvalue weighted by atomic mass is 16.2. The Morgan fingerprint density at radius 3 is 1.93 bits per heavy atom. The number of fused-ring (bicyclic) bond motifs is 2. The SMILES string of the molecule is CC(=O)N1CC2CCC(C1)N2C(C)(C)C. The Morgan fingerprint density at radius 1 is 1.13 bits per heavy atom. The van der Waals surface area contributed by atoms with Crippen LogP contribution in [-0.4, -0.2) is 46.4 Å². The molecule has 2 bridgehead atoms. The Hall–Kier alpha value is -0.570. The van der Waals surface area contributed by atoms with Crippen molar-refractivity contribution in [2.75, 3.05) is 13.1 Å². The molecule has 0 aromatic carbocycles. The molecule has 2 atom stereocenters. The Bertz CT molecular complexity index is 255. The van der Waals surface area contributed by atoms with E-state index >= 15 is 0 Å². The van der Waals surface area contributed by atoms with Gasteiger partial charge in [0.1, 0.15) is 0 Å². The summed E-state index contributed by atoms with van der Waals surface area (Å²) in [6, 6.07) is 1.18. The third kappa shape index (κ3) is 1.89. The maximum atomic E-state index is 11.4. The average molecular weight is 210 g/mol. The van der Waals surface area contributed by atoms with Gasteiger partial charge in [-0.25, -0.2) is 0 Å². The Balaban J connectivity index is 2.13. The summed E-state index contributed by atoms with van der Waals surface area (Å²) in [5.74, 6) is 0.237. The molecule has 2 saturated heterocycles. The number of carbonyl (C=O) groups excluding carboxylic acids is 1. The Labute approximate surface area is 92.4 Å². The van der Waals surface area contributed by atoms with Gasteiger partial charge in [-0.3, -0.25) is 9.69 Å². The van der Waals surface area contributed by atoms with Crippen LogP contribution in [0.5, 0.6) is 0 Å². The van der Waals surface area contributed by atoms with Crippen LogP contribution >= 0.6 is 0 Å². The van der Waals surface area contributed by atoms with Gasteiger partial charge in [0.15, 0.2) is 0 Å². The molecule has 1 amide bonds. The van der Waals surface area contributed by atoms with E-state index in [1.54, 1.807) is 6.92 Å². The summed E-state index contributed by atoms with van der Waals surface area (Å²) < 4.78 is 0. The van der Waals surface area contributed by atoms with Gasteiger partial charge in [0.2, 0.25) is 5.91 Å². The minimum absolute atomic E-state index is 0.237. The first kappa shape index (κ1) is 10.9. The van der Waals surface area contributed by atoms with Crippen molar-refractivity contribution in [1.82, 2.24) is 9.80 Å². The highest BCUT2D eigenvalue weighted by Crippen LogP contribution is 2.35. The van der Waals surface area contributed by atoms with Gasteiger partial charge in [-0.1, -0.05) is 0 Å². The van der Waals surface area contributed by atoms with Crippen molar-refractivity contribution in [1.29, 1.82) is 0 Å². The predicted octanol–water partition coefficient (Wildman–Crippen LogP) is 1.48. The van der Waals surface area contributed by atoms with E-state index in [9.17, 15) is 4.79 Å². The molecule has 0 radical (unpaired) electrons. The third-order valence-corrected chi connectivity index (χ3v) is 3.70. The molecule has 2 rings (SSSR count). The van der Waals surface area contributed by atoms with Crippen LogP contribution in [0.1, 0.15) is 40.5 Å². The number of amides is 1. The number of likely N-dealkylation sites (tertiary alicyclic amines) is 1. The molecule has 0 aromatic heterocycles. The smallest absolute Gasteiger partial charge is 0.219 e. The van der Waals surface area contributed by atoms with E-state index in [1.807, 2.05) is 4.90 Å². The van der Waals surface area contributed by atoms with Crippen LogP contribution in [0.25, 0.3) is 0 Å². The molecule has 2 unspecified atom stereocenters. The zero-order chi connectivity index (χ0) is 11.2. The standard InChI is InChI=1S/C12H22N2O/c1-9(15)13-7-10-5-6-11(8-13)14(10)12(2,3)4/h10-11H,5-8H2,1-4H3. The van der Waals surface area contributed by atoms with Crippen LogP contribution < -0.4 is 0 Å². The van der Waals surface area contributed by atoms with E-state index in [1.165, 1.54) is 12.8 Å². The monoisotopic (exact) mass is 210 g/mol. The van der Waals surface area contributed by atoms with Crippen LogP contribution in [0.2, 0.25) is 0 Å². The lowest BCUT2D eigenvalue weighted by molar-refractivity contribution is -0.133. The summed E-state index contributed by atoms with van der Waals surface area (Å²) in [5, 5.41) is 0. The summed E-state index contributed by atoms with van der Waals surface area (Å²) in [6.45, 7) is 10.4. The first-order valence-corrected chi connectivity index (χ1v) is 5.93.